The number of imidazole rings is 1. The van der Waals surface area contributed by atoms with Gasteiger partial charge in [-0.05, 0) is 61.2 Å². The predicted molar refractivity (Wildman–Crippen MR) is 154 cm³/mol. The number of ether oxygens (including phenoxy) is 2. The number of rotatable bonds is 9. The van der Waals surface area contributed by atoms with Crippen LogP contribution in [0.2, 0.25) is 5.02 Å². The minimum absolute atomic E-state index is 0.0300. The highest BCUT2D eigenvalue weighted by molar-refractivity contribution is 6.34. The molecule has 0 saturated carbocycles. The van der Waals surface area contributed by atoms with Gasteiger partial charge in [0.05, 0.1) is 24.0 Å². The molecule has 0 aliphatic carbocycles. The van der Waals surface area contributed by atoms with E-state index in [0.717, 1.165) is 60.6 Å². The van der Waals surface area contributed by atoms with Gasteiger partial charge in [0.1, 0.15) is 22.8 Å². The Labute approximate surface area is 232 Å². The lowest BCUT2D eigenvalue weighted by molar-refractivity contribution is -0.122. The third-order valence-corrected chi connectivity index (χ3v) is 7.36. The number of halogens is 1. The maximum Gasteiger partial charge on any atom is 0.257 e. The van der Waals surface area contributed by atoms with Crippen LogP contribution in [0, 0.1) is 6.92 Å². The quantitative estimate of drug-likeness (QED) is 0.276. The summed E-state index contributed by atoms with van der Waals surface area (Å²) < 4.78 is 10.8. The van der Waals surface area contributed by atoms with Crippen LogP contribution in [-0.4, -0.2) is 65.7 Å². The number of nitrogens with zero attached hydrogens (tertiary/aromatic N) is 3. The van der Waals surface area contributed by atoms with Gasteiger partial charge in [0.25, 0.3) is 5.91 Å². The summed E-state index contributed by atoms with van der Waals surface area (Å²) in [5, 5.41) is 6.78. The third-order valence-electron chi connectivity index (χ3n) is 7.08. The number of methoxy groups -OCH3 is 1. The molecule has 1 fully saturated rings. The van der Waals surface area contributed by atoms with Crippen LogP contribution < -0.4 is 20.1 Å². The van der Waals surface area contributed by atoms with Crippen molar-refractivity contribution in [1.82, 2.24) is 25.2 Å². The van der Waals surface area contributed by atoms with Crippen LogP contribution in [-0.2, 0) is 11.3 Å². The van der Waals surface area contributed by atoms with E-state index in [2.05, 4.69) is 37.6 Å². The summed E-state index contributed by atoms with van der Waals surface area (Å²) in [6.07, 6.45) is 3.67. The van der Waals surface area contributed by atoms with Crippen molar-refractivity contribution in [2.75, 3.05) is 39.2 Å². The maximum atomic E-state index is 11.5. The van der Waals surface area contributed by atoms with Crippen LogP contribution >= 0.6 is 11.6 Å². The maximum absolute atomic E-state index is 11.5. The van der Waals surface area contributed by atoms with E-state index in [4.69, 9.17) is 26.1 Å². The summed E-state index contributed by atoms with van der Waals surface area (Å²) in [7, 11) is 3.27. The Kier molecular flexibility index (Phi) is 8.18. The number of pyridine rings is 1. The second kappa shape index (κ2) is 11.9. The number of aromatic nitrogens is 3. The molecule has 2 aromatic carbocycles. The summed E-state index contributed by atoms with van der Waals surface area (Å²) in [6, 6.07) is 14.2. The van der Waals surface area contributed by atoms with Crippen LogP contribution in [0.1, 0.15) is 24.0 Å². The summed E-state index contributed by atoms with van der Waals surface area (Å²) in [5.41, 5.74) is 5.40. The Morgan fingerprint density at radius 2 is 1.90 bits per heavy atom. The molecule has 0 radical (unpaired) electrons. The van der Waals surface area contributed by atoms with Gasteiger partial charge in [-0.3, -0.25) is 9.69 Å². The van der Waals surface area contributed by atoms with Crippen LogP contribution in [0.3, 0.4) is 0 Å². The van der Waals surface area contributed by atoms with Gasteiger partial charge in [-0.2, -0.15) is 0 Å². The summed E-state index contributed by atoms with van der Waals surface area (Å²) in [4.78, 5) is 26.6. The van der Waals surface area contributed by atoms with E-state index in [-0.39, 0.29) is 12.5 Å². The van der Waals surface area contributed by atoms with Gasteiger partial charge in [0.15, 0.2) is 12.3 Å². The van der Waals surface area contributed by atoms with E-state index in [0.29, 0.717) is 28.3 Å². The van der Waals surface area contributed by atoms with Crippen LogP contribution in [0.25, 0.3) is 22.6 Å². The molecule has 0 bridgehead atoms. The zero-order valence-corrected chi connectivity index (χ0v) is 23.1. The van der Waals surface area contributed by atoms with E-state index in [9.17, 15) is 4.79 Å². The van der Waals surface area contributed by atoms with Crippen molar-refractivity contribution in [2.45, 2.75) is 32.4 Å². The molecular formula is C29H33ClN6O3. The predicted octanol–water partition coefficient (Wildman–Crippen LogP) is 4.80. The third kappa shape index (κ3) is 6.26. The zero-order chi connectivity index (χ0) is 27.4. The molecule has 4 aromatic rings. The van der Waals surface area contributed by atoms with Crippen molar-refractivity contribution in [1.29, 1.82) is 0 Å². The fourth-order valence-electron chi connectivity index (χ4n) is 4.84. The molecule has 1 amide bonds. The normalized spacial score (nSPS) is 14.4. The first-order chi connectivity index (χ1) is 18.9. The molecule has 39 heavy (non-hydrogen) atoms. The lowest BCUT2D eigenvalue weighted by atomic mass is 10.0. The van der Waals surface area contributed by atoms with Crippen LogP contribution in [0.15, 0.2) is 48.7 Å². The lowest BCUT2D eigenvalue weighted by Gasteiger charge is -2.33. The highest BCUT2D eigenvalue weighted by atomic mass is 35.5. The number of fused-ring (bicyclic) bond motifs is 1. The monoisotopic (exact) mass is 548 g/mol. The van der Waals surface area contributed by atoms with E-state index in [1.54, 1.807) is 20.4 Å². The summed E-state index contributed by atoms with van der Waals surface area (Å²) in [5.74, 6) is 2.02. The first-order valence-corrected chi connectivity index (χ1v) is 13.4. The first-order valence-electron chi connectivity index (χ1n) is 13.0. The fraction of sp³-hybridized carbons (Fsp3) is 0.345. The summed E-state index contributed by atoms with van der Waals surface area (Å²) >= 11 is 6.62. The van der Waals surface area contributed by atoms with Crippen molar-refractivity contribution < 1.29 is 14.3 Å². The highest BCUT2D eigenvalue weighted by Crippen LogP contribution is 2.33. The van der Waals surface area contributed by atoms with Crippen molar-refractivity contribution in [3.63, 3.8) is 0 Å². The van der Waals surface area contributed by atoms with E-state index in [1.807, 2.05) is 37.3 Å². The molecule has 1 saturated heterocycles. The Hall–Kier alpha value is -3.82. The minimum Gasteiger partial charge on any atom is -0.497 e. The largest absolute Gasteiger partial charge is 0.497 e. The molecule has 3 N–H and O–H groups in total. The van der Waals surface area contributed by atoms with Crippen molar-refractivity contribution >= 4 is 34.4 Å². The molecule has 9 nitrogen and oxygen atoms in total. The van der Waals surface area contributed by atoms with Gasteiger partial charge in [-0.1, -0.05) is 23.7 Å². The van der Waals surface area contributed by atoms with Crippen LogP contribution in [0.5, 0.6) is 11.5 Å². The number of hydrogen-bond acceptors (Lipinski definition) is 7. The Balaban J connectivity index is 1.26. The Morgan fingerprint density at radius 3 is 2.59 bits per heavy atom. The van der Waals surface area contributed by atoms with Crippen molar-refractivity contribution in [2.24, 2.45) is 0 Å². The Morgan fingerprint density at radius 1 is 1.15 bits per heavy atom. The number of likely N-dealkylation sites (tertiary alicyclic amines) is 1. The van der Waals surface area contributed by atoms with E-state index in [1.165, 1.54) is 5.56 Å². The number of aromatic amines is 1. The SMILES string of the molecule is CNC(=O)COc1ccc(-c2nc3ncc(Cl)c(NC4CCN(Cc5ccc(OC)cc5)CC4)c3[nH]2)c(C)c1. The number of aryl methyl sites for hydroxylation is 1. The van der Waals surface area contributed by atoms with Gasteiger partial charge in [0.2, 0.25) is 0 Å². The number of carbonyl (C=O) groups is 1. The number of carbonyl (C=O) groups excluding carboxylic acids is 1. The number of likely N-dealkylation sites (N-methyl/N-ethyl adjacent to an activating group) is 1. The number of piperidine rings is 1. The van der Waals surface area contributed by atoms with Crippen LogP contribution in [0.4, 0.5) is 5.69 Å². The Bertz CT molecular complexity index is 1450. The topological polar surface area (TPSA) is 104 Å². The molecular weight excluding hydrogens is 516 g/mol. The van der Waals surface area contributed by atoms with Crippen molar-refractivity contribution in [3.8, 4) is 22.9 Å². The smallest absolute Gasteiger partial charge is 0.257 e. The molecule has 1 aliphatic rings. The number of nitrogens with one attached hydrogen (secondary N) is 3. The molecule has 10 heteroatoms. The molecule has 5 rings (SSSR count). The highest BCUT2D eigenvalue weighted by Gasteiger charge is 2.22. The van der Waals surface area contributed by atoms with Gasteiger partial charge in [-0.15, -0.1) is 0 Å². The summed E-state index contributed by atoms with van der Waals surface area (Å²) in [6.45, 7) is 4.87. The molecule has 0 atom stereocenters. The second-order valence-electron chi connectivity index (χ2n) is 9.75. The molecule has 2 aromatic heterocycles. The number of anilines is 1. The standard InChI is InChI=1S/C29H33ClN6O3/c1-18-14-22(39-17-25(37)31-2)8-9-23(18)28-34-27-26(24(30)15-32-29(27)35-28)33-20-10-12-36(13-11-20)16-19-4-6-21(38-3)7-5-19/h4-9,14-15,20H,10-13,16-17H2,1-3H3,(H,31,37)(H2,32,33,34,35). The van der Waals surface area contributed by atoms with E-state index >= 15 is 0 Å². The molecule has 204 valence electrons. The first kappa shape index (κ1) is 26.8. The molecule has 0 spiro atoms. The molecule has 1 aliphatic heterocycles. The number of amides is 1. The van der Waals surface area contributed by atoms with Crippen molar-refractivity contribution in [3.05, 3.63) is 64.8 Å². The number of H-pyrrole nitrogens is 1. The lowest BCUT2D eigenvalue weighted by Crippen LogP contribution is -2.38. The van der Waals surface area contributed by atoms with Gasteiger partial charge < -0.3 is 25.1 Å². The average Bonchev–Trinajstić information content (AvgIpc) is 3.39. The zero-order valence-electron chi connectivity index (χ0n) is 22.4. The molecule has 0 unspecified atom stereocenters. The van der Waals surface area contributed by atoms with Gasteiger partial charge in [-0.25, -0.2) is 9.97 Å². The molecule has 3 heterocycles. The average molecular weight is 549 g/mol. The minimum atomic E-state index is -0.181. The number of hydrogen-bond donors (Lipinski definition) is 3. The second-order valence-corrected chi connectivity index (χ2v) is 10.2. The van der Waals surface area contributed by atoms with E-state index < -0.39 is 0 Å². The fourth-order valence-corrected chi connectivity index (χ4v) is 5.04. The number of benzene rings is 2. The van der Waals surface area contributed by atoms with Gasteiger partial charge in [0, 0.05) is 38.3 Å². The van der Waals surface area contributed by atoms with Gasteiger partial charge >= 0.3 is 0 Å².